The minimum atomic E-state index is -0.327. The van der Waals surface area contributed by atoms with Crippen LogP contribution in [0.2, 0.25) is 0 Å². The van der Waals surface area contributed by atoms with E-state index in [-0.39, 0.29) is 30.0 Å². The Morgan fingerprint density at radius 2 is 2.00 bits per heavy atom. The van der Waals surface area contributed by atoms with Gasteiger partial charge in [0.05, 0.1) is 6.10 Å². The third kappa shape index (κ3) is 2.24. The van der Waals surface area contributed by atoms with Crippen LogP contribution in [0.3, 0.4) is 0 Å². The van der Waals surface area contributed by atoms with E-state index in [1.54, 1.807) is 9.80 Å². The van der Waals surface area contributed by atoms with Crippen molar-refractivity contribution in [3.05, 3.63) is 0 Å². The standard InChI is InChI=1S/C14H22N2O3/c1-10-13(17)15-7-4-6-12(15)14(18)16(10)9-11-5-2-3-8-19-11/h10-12H,2-9H2,1H3. The van der Waals surface area contributed by atoms with E-state index in [2.05, 4.69) is 0 Å². The van der Waals surface area contributed by atoms with Gasteiger partial charge in [0, 0.05) is 19.7 Å². The zero-order valence-electron chi connectivity index (χ0n) is 11.5. The summed E-state index contributed by atoms with van der Waals surface area (Å²) in [6, 6.07) is -0.528. The zero-order chi connectivity index (χ0) is 13.4. The van der Waals surface area contributed by atoms with E-state index < -0.39 is 0 Å². The number of ether oxygens (including phenoxy) is 1. The fraction of sp³-hybridized carbons (Fsp3) is 0.857. The lowest BCUT2D eigenvalue weighted by Gasteiger charge is -2.42. The lowest BCUT2D eigenvalue weighted by atomic mass is 10.0. The first-order valence-corrected chi connectivity index (χ1v) is 7.41. The topological polar surface area (TPSA) is 49.9 Å². The highest BCUT2D eigenvalue weighted by molar-refractivity contribution is 5.97. The highest BCUT2D eigenvalue weighted by atomic mass is 16.5. The Labute approximate surface area is 113 Å². The minimum Gasteiger partial charge on any atom is -0.376 e. The molecule has 3 aliphatic rings. The molecule has 2 amide bonds. The van der Waals surface area contributed by atoms with Gasteiger partial charge in [-0.05, 0) is 39.0 Å². The number of nitrogens with zero attached hydrogens (tertiary/aromatic N) is 2. The first kappa shape index (κ1) is 12.9. The summed E-state index contributed by atoms with van der Waals surface area (Å²) < 4.78 is 5.71. The van der Waals surface area contributed by atoms with E-state index in [0.29, 0.717) is 6.54 Å². The second-order valence-corrected chi connectivity index (χ2v) is 5.84. The summed E-state index contributed by atoms with van der Waals surface area (Å²) in [6.45, 7) is 3.95. The number of hydrogen-bond acceptors (Lipinski definition) is 3. The van der Waals surface area contributed by atoms with Gasteiger partial charge in [-0.3, -0.25) is 9.59 Å². The van der Waals surface area contributed by atoms with Gasteiger partial charge < -0.3 is 14.5 Å². The zero-order valence-corrected chi connectivity index (χ0v) is 11.5. The molecule has 3 saturated heterocycles. The van der Waals surface area contributed by atoms with Crippen molar-refractivity contribution in [2.75, 3.05) is 19.7 Å². The van der Waals surface area contributed by atoms with Gasteiger partial charge >= 0.3 is 0 Å². The molecule has 0 bridgehead atoms. The quantitative estimate of drug-likeness (QED) is 0.742. The summed E-state index contributed by atoms with van der Waals surface area (Å²) in [5.41, 5.74) is 0. The molecular formula is C14H22N2O3. The number of rotatable bonds is 2. The molecule has 5 nitrogen and oxygen atoms in total. The van der Waals surface area contributed by atoms with E-state index in [4.69, 9.17) is 4.74 Å². The lowest BCUT2D eigenvalue weighted by Crippen LogP contribution is -2.63. The molecule has 3 rings (SSSR count). The Balaban J connectivity index is 1.72. The molecule has 0 saturated carbocycles. The van der Waals surface area contributed by atoms with Crippen LogP contribution in [-0.4, -0.2) is 59.5 Å². The molecule has 3 fully saturated rings. The van der Waals surface area contributed by atoms with E-state index in [1.165, 1.54) is 0 Å². The fourth-order valence-corrected chi connectivity index (χ4v) is 3.46. The molecule has 0 radical (unpaired) electrons. The van der Waals surface area contributed by atoms with Crippen LogP contribution in [0.15, 0.2) is 0 Å². The molecule has 0 N–H and O–H groups in total. The van der Waals surface area contributed by atoms with Gasteiger partial charge in [0.25, 0.3) is 0 Å². The molecule has 5 heteroatoms. The molecule has 3 unspecified atom stereocenters. The SMILES string of the molecule is CC1C(=O)N2CCCC2C(=O)N1CC1CCCCO1. The van der Waals surface area contributed by atoms with Crippen molar-refractivity contribution >= 4 is 11.8 Å². The number of fused-ring (bicyclic) bond motifs is 1. The van der Waals surface area contributed by atoms with Gasteiger partial charge in [-0.1, -0.05) is 0 Å². The van der Waals surface area contributed by atoms with Crippen LogP contribution < -0.4 is 0 Å². The molecule has 0 aromatic carbocycles. The number of hydrogen-bond donors (Lipinski definition) is 0. The van der Waals surface area contributed by atoms with Crippen LogP contribution >= 0.6 is 0 Å². The predicted molar refractivity (Wildman–Crippen MR) is 69.5 cm³/mol. The third-order valence-electron chi connectivity index (χ3n) is 4.60. The van der Waals surface area contributed by atoms with E-state index in [0.717, 1.165) is 45.3 Å². The average Bonchev–Trinajstić information content (AvgIpc) is 2.92. The summed E-state index contributed by atoms with van der Waals surface area (Å²) in [5.74, 6) is 0.233. The largest absolute Gasteiger partial charge is 0.376 e. The van der Waals surface area contributed by atoms with E-state index >= 15 is 0 Å². The summed E-state index contributed by atoms with van der Waals surface area (Å²) in [7, 11) is 0. The molecular weight excluding hydrogens is 244 g/mol. The van der Waals surface area contributed by atoms with Crippen molar-refractivity contribution in [2.45, 2.75) is 57.2 Å². The van der Waals surface area contributed by atoms with Gasteiger partial charge in [-0.25, -0.2) is 0 Å². The summed E-state index contributed by atoms with van der Waals surface area (Å²) in [5, 5.41) is 0. The van der Waals surface area contributed by atoms with Crippen LogP contribution in [0, 0.1) is 0 Å². The van der Waals surface area contributed by atoms with Crippen LogP contribution in [0.25, 0.3) is 0 Å². The molecule has 3 heterocycles. The molecule has 3 atom stereocenters. The second-order valence-electron chi connectivity index (χ2n) is 5.84. The Morgan fingerprint density at radius 1 is 1.16 bits per heavy atom. The molecule has 106 valence electrons. The van der Waals surface area contributed by atoms with Crippen LogP contribution in [0.5, 0.6) is 0 Å². The van der Waals surface area contributed by atoms with E-state index in [1.807, 2.05) is 6.92 Å². The molecule has 0 spiro atoms. The van der Waals surface area contributed by atoms with Gasteiger partial charge in [-0.2, -0.15) is 0 Å². The molecule has 0 aromatic rings. The average molecular weight is 266 g/mol. The van der Waals surface area contributed by atoms with Crippen molar-refractivity contribution < 1.29 is 14.3 Å². The maximum absolute atomic E-state index is 12.5. The lowest BCUT2D eigenvalue weighted by molar-refractivity contribution is -0.161. The first-order valence-electron chi connectivity index (χ1n) is 7.41. The number of amides is 2. The van der Waals surface area contributed by atoms with Crippen molar-refractivity contribution in [3.8, 4) is 0 Å². The smallest absolute Gasteiger partial charge is 0.246 e. The first-order chi connectivity index (χ1) is 9.18. The maximum Gasteiger partial charge on any atom is 0.246 e. The molecule has 0 aliphatic carbocycles. The van der Waals surface area contributed by atoms with Gasteiger partial charge in [0.2, 0.25) is 11.8 Å². The molecule has 19 heavy (non-hydrogen) atoms. The van der Waals surface area contributed by atoms with Crippen molar-refractivity contribution in [3.63, 3.8) is 0 Å². The minimum absolute atomic E-state index is 0.109. The Bertz CT molecular complexity index is 379. The Hall–Kier alpha value is -1.10. The number of carbonyl (C=O) groups is 2. The molecule has 0 aromatic heterocycles. The van der Waals surface area contributed by atoms with Crippen molar-refractivity contribution in [1.29, 1.82) is 0 Å². The Kier molecular flexibility index (Phi) is 3.48. The highest BCUT2D eigenvalue weighted by Gasteiger charge is 2.46. The van der Waals surface area contributed by atoms with E-state index in [9.17, 15) is 9.59 Å². The van der Waals surface area contributed by atoms with Gasteiger partial charge in [0.1, 0.15) is 12.1 Å². The van der Waals surface area contributed by atoms with Gasteiger partial charge in [0.15, 0.2) is 0 Å². The number of piperazine rings is 1. The predicted octanol–water partition coefficient (Wildman–Crippen LogP) is 0.777. The van der Waals surface area contributed by atoms with Crippen LogP contribution in [0.4, 0.5) is 0 Å². The summed E-state index contributed by atoms with van der Waals surface area (Å²) >= 11 is 0. The second kappa shape index (κ2) is 5.12. The van der Waals surface area contributed by atoms with Crippen LogP contribution in [-0.2, 0) is 14.3 Å². The van der Waals surface area contributed by atoms with Crippen molar-refractivity contribution in [1.82, 2.24) is 9.80 Å². The highest BCUT2D eigenvalue weighted by Crippen LogP contribution is 2.27. The van der Waals surface area contributed by atoms with Gasteiger partial charge in [-0.15, -0.1) is 0 Å². The summed E-state index contributed by atoms with van der Waals surface area (Å²) in [4.78, 5) is 28.3. The third-order valence-corrected chi connectivity index (χ3v) is 4.60. The molecule has 3 aliphatic heterocycles. The normalized spacial score (nSPS) is 35.7. The summed E-state index contributed by atoms with van der Waals surface area (Å²) in [6.07, 6.45) is 5.14. The van der Waals surface area contributed by atoms with Crippen molar-refractivity contribution in [2.24, 2.45) is 0 Å². The maximum atomic E-state index is 12.5. The number of carbonyl (C=O) groups excluding carboxylic acids is 2. The fourth-order valence-electron chi connectivity index (χ4n) is 3.46. The van der Waals surface area contributed by atoms with Crippen LogP contribution in [0.1, 0.15) is 39.0 Å². The monoisotopic (exact) mass is 266 g/mol. The Morgan fingerprint density at radius 3 is 2.74 bits per heavy atom.